The third-order valence-corrected chi connectivity index (χ3v) is 2.43. The molecule has 3 nitrogen and oxygen atoms in total. The van der Waals surface area contributed by atoms with Crippen LogP contribution in [0.2, 0.25) is 0 Å². The summed E-state index contributed by atoms with van der Waals surface area (Å²) in [7, 11) is 0. The molecule has 0 unspecified atom stereocenters. The fraction of sp³-hybridized carbons (Fsp3) is 0.0833. The van der Waals surface area contributed by atoms with Gasteiger partial charge in [0.15, 0.2) is 5.78 Å². The molecule has 0 radical (unpaired) electrons. The average Bonchev–Trinajstić information content (AvgIpc) is 2.28. The molecule has 0 aliphatic carbocycles. The molecule has 0 spiro atoms. The van der Waals surface area contributed by atoms with Crippen LogP contribution in [0.15, 0.2) is 36.4 Å². The number of anilines is 1. The van der Waals surface area contributed by atoms with E-state index in [1.54, 1.807) is 6.07 Å². The van der Waals surface area contributed by atoms with E-state index in [1.807, 2.05) is 30.3 Å². The van der Waals surface area contributed by atoms with Gasteiger partial charge in [0.2, 0.25) is 0 Å². The van der Waals surface area contributed by atoms with Gasteiger partial charge in [-0.15, -0.1) is 0 Å². The van der Waals surface area contributed by atoms with Crippen LogP contribution in [0.1, 0.15) is 10.4 Å². The molecule has 4 N–H and O–H groups in total. The second-order valence-corrected chi connectivity index (χ2v) is 3.38. The number of benzene rings is 2. The molecule has 0 aromatic heterocycles. The van der Waals surface area contributed by atoms with Crippen molar-refractivity contribution in [3.63, 3.8) is 0 Å². The van der Waals surface area contributed by atoms with E-state index < -0.39 is 0 Å². The number of Topliss-reactive ketones (excluding diaryl/α,β-unsaturated/α-hetero) is 1. The molecule has 0 amide bonds. The number of rotatable bonds is 2. The first-order valence-electron chi connectivity index (χ1n) is 4.74. The van der Waals surface area contributed by atoms with Crippen molar-refractivity contribution in [2.24, 2.45) is 5.73 Å². The lowest BCUT2D eigenvalue weighted by atomic mass is 9.99. The second-order valence-electron chi connectivity index (χ2n) is 3.38. The van der Waals surface area contributed by atoms with Gasteiger partial charge >= 0.3 is 0 Å². The van der Waals surface area contributed by atoms with Gasteiger partial charge in [-0.25, -0.2) is 0 Å². The summed E-state index contributed by atoms with van der Waals surface area (Å²) in [4.78, 5) is 11.6. The molecule has 76 valence electrons. The molecule has 2 aromatic rings. The molecule has 2 rings (SSSR count). The zero-order valence-corrected chi connectivity index (χ0v) is 8.23. The molecule has 0 aliphatic heterocycles. The van der Waals surface area contributed by atoms with E-state index in [-0.39, 0.29) is 12.3 Å². The van der Waals surface area contributed by atoms with E-state index in [0.717, 1.165) is 10.8 Å². The highest BCUT2D eigenvalue weighted by Crippen LogP contribution is 2.24. The van der Waals surface area contributed by atoms with Gasteiger partial charge in [0.05, 0.1) is 6.54 Å². The normalized spacial score (nSPS) is 10.5. The number of carbonyl (C=O) groups excluding carboxylic acids is 1. The van der Waals surface area contributed by atoms with Gasteiger partial charge in [-0.3, -0.25) is 4.79 Å². The number of ketones is 1. The molecule has 2 aromatic carbocycles. The summed E-state index contributed by atoms with van der Waals surface area (Å²) in [6, 6.07) is 11.3. The van der Waals surface area contributed by atoms with Crippen molar-refractivity contribution in [2.75, 3.05) is 12.3 Å². The van der Waals surface area contributed by atoms with Gasteiger partial charge in [0, 0.05) is 11.3 Å². The summed E-state index contributed by atoms with van der Waals surface area (Å²) in [5.74, 6) is -0.121. The molecule has 3 heteroatoms. The van der Waals surface area contributed by atoms with Crippen molar-refractivity contribution in [2.45, 2.75) is 0 Å². The first kappa shape index (κ1) is 9.68. The molecule has 0 aliphatic rings. The fourth-order valence-electron chi connectivity index (χ4n) is 1.70. The maximum atomic E-state index is 11.6. The Morgan fingerprint density at radius 1 is 1.13 bits per heavy atom. The van der Waals surface area contributed by atoms with E-state index in [4.69, 9.17) is 11.5 Å². The van der Waals surface area contributed by atoms with Crippen LogP contribution < -0.4 is 11.5 Å². The van der Waals surface area contributed by atoms with Crippen LogP contribution >= 0.6 is 0 Å². The van der Waals surface area contributed by atoms with E-state index in [1.165, 1.54) is 0 Å². The summed E-state index contributed by atoms with van der Waals surface area (Å²) in [5, 5.41) is 1.87. The summed E-state index contributed by atoms with van der Waals surface area (Å²) in [6.45, 7) is -0.0157. The van der Waals surface area contributed by atoms with Crippen molar-refractivity contribution in [1.29, 1.82) is 0 Å². The van der Waals surface area contributed by atoms with Crippen LogP contribution in [0.5, 0.6) is 0 Å². The van der Waals surface area contributed by atoms with Gasteiger partial charge in [0.25, 0.3) is 0 Å². The number of nitrogen functional groups attached to an aromatic ring is 1. The highest BCUT2D eigenvalue weighted by molar-refractivity contribution is 6.13. The Kier molecular flexibility index (Phi) is 2.39. The van der Waals surface area contributed by atoms with Gasteiger partial charge < -0.3 is 11.5 Å². The Morgan fingerprint density at radius 3 is 2.60 bits per heavy atom. The topological polar surface area (TPSA) is 69.1 Å². The lowest BCUT2D eigenvalue weighted by molar-refractivity contribution is 0.100. The Hall–Kier alpha value is -1.87. The largest absolute Gasteiger partial charge is 0.398 e. The zero-order chi connectivity index (χ0) is 10.8. The summed E-state index contributed by atoms with van der Waals surface area (Å²) in [5.41, 5.74) is 12.2. The predicted octanol–water partition coefficient (Wildman–Crippen LogP) is 1.56. The lowest BCUT2D eigenvalue weighted by Crippen LogP contribution is -2.15. The van der Waals surface area contributed by atoms with Crippen LogP contribution in [0.4, 0.5) is 5.69 Å². The number of fused-ring (bicyclic) bond motifs is 1. The van der Waals surface area contributed by atoms with Crippen molar-refractivity contribution < 1.29 is 4.79 Å². The van der Waals surface area contributed by atoms with Crippen molar-refractivity contribution in [3.05, 3.63) is 42.0 Å². The first-order chi connectivity index (χ1) is 7.24. The second kappa shape index (κ2) is 3.71. The molecule has 0 fully saturated rings. The Bertz CT molecular complexity index is 520. The highest BCUT2D eigenvalue weighted by atomic mass is 16.1. The molecule has 0 saturated heterocycles. The standard InChI is InChI=1S/C12H12N2O/c13-7-11(15)12-9-4-2-1-3-8(9)5-6-10(12)14/h1-6H,7,13-14H2. The number of carbonyl (C=O) groups is 1. The maximum Gasteiger partial charge on any atom is 0.179 e. The van der Waals surface area contributed by atoms with Crippen molar-refractivity contribution >= 4 is 22.2 Å². The molecule has 0 bridgehead atoms. The molecular weight excluding hydrogens is 188 g/mol. The minimum absolute atomic E-state index is 0.0157. The van der Waals surface area contributed by atoms with Gasteiger partial charge in [-0.05, 0) is 16.8 Å². The predicted molar refractivity (Wildman–Crippen MR) is 61.7 cm³/mol. The summed E-state index contributed by atoms with van der Waals surface area (Å²) < 4.78 is 0. The summed E-state index contributed by atoms with van der Waals surface area (Å²) >= 11 is 0. The van der Waals surface area contributed by atoms with Gasteiger partial charge in [-0.1, -0.05) is 30.3 Å². The third-order valence-electron chi connectivity index (χ3n) is 2.43. The van der Waals surface area contributed by atoms with Crippen molar-refractivity contribution in [3.8, 4) is 0 Å². The first-order valence-corrected chi connectivity index (χ1v) is 4.74. The fourth-order valence-corrected chi connectivity index (χ4v) is 1.70. The SMILES string of the molecule is NCC(=O)c1c(N)ccc2ccccc12. The van der Waals surface area contributed by atoms with Crippen LogP contribution in [0.25, 0.3) is 10.8 Å². The van der Waals surface area contributed by atoms with Crippen LogP contribution in [-0.2, 0) is 0 Å². The monoisotopic (exact) mass is 200 g/mol. The van der Waals surface area contributed by atoms with Crippen LogP contribution in [-0.4, -0.2) is 12.3 Å². The number of nitrogens with two attached hydrogens (primary N) is 2. The molecule has 0 saturated carbocycles. The smallest absolute Gasteiger partial charge is 0.179 e. The maximum absolute atomic E-state index is 11.6. The van der Waals surface area contributed by atoms with E-state index in [0.29, 0.717) is 11.3 Å². The van der Waals surface area contributed by atoms with Crippen LogP contribution in [0, 0.1) is 0 Å². The Balaban J connectivity index is 2.79. The molecular formula is C12H12N2O. The average molecular weight is 200 g/mol. The Morgan fingerprint density at radius 2 is 1.87 bits per heavy atom. The minimum Gasteiger partial charge on any atom is -0.398 e. The summed E-state index contributed by atoms with van der Waals surface area (Å²) in [6.07, 6.45) is 0. The number of hydrogen-bond acceptors (Lipinski definition) is 3. The van der Waals surface area contributed by atoms with E-state index in [9.17, 15) is 4.79 Å². The molecule has 0 heterocycles. The quantitative estimate of drug-likeness (QED) is 0.571. The molecule has 15 heavy (non-hydrogen) atoms. The van der Waals surface area contributed by atoms with E-state index in [2.05, 4.69) is 0 Å². The van der Waals surface area contributed by atoms with Gasteiger partial charge in [-0.2, -0.15) is 0 Å². The lowest BCUT2D eigenvalue weighted by Gasteiger charge is -2.07. The van der Waals surface area contributed by atoms with Crippen molar-refractivity contribution in [1.82, 2.24) is 0 Å². The zero-order valence-electron chi connectivity index (χ0n) is 8.23. The van der Waals surface area contributed by atoms with E-state index >= 15 is 0 Å². The van der Waals surface area contributed by atoms with Gasteiger partial charge in [0.1, 0.15) is 0 Å². The van der Waals surface area contributed by atoms with Crippen LogP contribution in [0.3, 0.4) is 0 Å². The Labute approximate surface area is 87.7 Å². The highest BCUT2D eigenvalue weighted by Gasteiger charge is 2.11. The minimum atomic E-state index is -0.121. The molecule has 0 atom stereocenters. The third kappa shape index (κ3) is 1.57. The number of hydrogen-bond donors (Lipinski definition) is 2.